The third kappa shape index (κ3) is 3.17. The van der Waals surface area contributed by atoms with E-state index in [2.05, 4.69) is 4.90 Å². The van der Waals surface area contributed by atoms with Gasteiger partial charge in [-0.05, 0) is 13.8 Å². The van der Waals surface area contributed by atoms with Crippen molar-refractivity contribution in [2.75, 3.05) is 33.7 Å². The van der Waals surface area contributed by atoms with Crippen LogP contribution in [0.1, 0.15) is 13.8 Å². The van der Waals surface area contributed by atoms with Crippen LogP contribution in [0.4, 0.5) is 0 Å². The molecular weight excluding hydrogens is 206 g/mol. The Balaban J connectivity index is 2.61. The molecule has 5 nitrogen and oxygen atoms in total. The summed E-state index contributed by atoms with van der Waals surface area (Å²) in [6.45, 7) is 5.98. The smallest absolute Gasteiger partial charge is 0.239 e. The molecule has 5 heteroatoms. The van der Waals surface area contributed by atoms with Gasteiger partial charge in [0.1, 0.15) is 0 Å². The summed E-state index contributed by atoms with van der Waals surface area (Å²) in [4.78, 5) is 15.6. The van der Waals surface area contributed by atoms with Gasteiger partial charge in [0.2, 0.25) is 5.91 Å². The molecule has 1 aliphatic rings. The van der Waals surface area contributed by atoms with Gasteiger partial charge in [0, 0.05) is 33.7 Å². The molecule has 1 rings (SSSR count). The van der Waals surface area contributed by atoms with Crippen LogP contribution in [0.3, 0.4) is 0 Å². The first-order valence-electron chi connectivity index (χ1n) is 5.76. The van der Waals surface area contributed by atoms with Gasteiger partial charge >= 0.3 is 0 Å². The van der Waals surface area contributed by atoms with Crippen LogP contribution < -0.4 is 5.73 Å². The normalized spacial score (nSPS) is 28.8. The van der Waals surface area contributed by atoms with Crippen molar-refractivity contribution in [3.63, 3.8) is 0 Å². The number of morpholine rings is 1. The molecule has 0 bridgehead atoms. The van der Waals surface area contributed by atoms with Crippen molar-refractivity contribution in [3.05, 3.63) is 0 Å². The van der Waals surface area contributed by atoms with E-state index in [0.717, 1.165) is 13.1 Å². The summed E-state index contributed by atoms with van der Waals surface area (Å²) < 4.78 is 5.66. The highest BCUT2D eigenvalue weighted by Gasteiger charge is 2.30. The highest BCUT2D eigenvalue weighted by atomic mass is 16.5. The quantitative estimate of drug-likeness (QED) is 0.709. The summed E-state index contributed by atoms with van der Waals surface area (Å²) in [5.41, 5.74) is 5.62. The molecule has 2 N–H and O–H groups in total. The van der Waals surface area contributed by atoms with Crippen LogP contribution in [0.15, 0.2) is 0 Å². The molecule has 16 heavy (non-hydrogen) atoms. The first-order valence-corrected chi connectivity index (χ1v) is 5.76. The van der Waals surface area contributed by atoms with Gasteiger partial charge in [0.25, 0.3) is 0 Å². The molecule has 94 valence electrons. The Bertz CT molecular complexity index is 245. The van der Waals surface area contributed by atoms with Crippen molar-refractivity contribution >= 4 is 5.91 Å². The second kappa shape index (κ2) is 5.61. The molecular formula is C11H23N3O2. The van der Waals surface area contributed by atoms with Crippen LogP contribution in [0.2, 0.25) is 0 Å². The van der Waals surface area contributed by atoms with Gasteiger partial charge in [0.05, 0.1) is 18.2 Å². The Kier molecular flexibility index (Phi) is 4.70. The molecule has 1 aliphatic heterocycles. The van der Waals surface area contributed by atoms with Crippen molar-refractivity contribution in [2.45, 2.75) is 32.1 Å². The Hall–Kier alpha value is -0.650. The summed E-state index contributed by atoms with van der Waals surface area (Å²) in [7, 11) is 3.56. The lowest BCUT2D eigenvalue weighted by molar-refractivity contribution is -0.139. The lowest BCUT2D eigenvalue weighted by Crippen LogP contribution is -2.55. The monoisotopic (exact) mass is 229 g/mol. The molecule has 0 saturated carbocycles. The van der Waals surface area contributed by atoms with E-state index < -0.39 is 0 Å². The van der Waals surface area contributed by atoms with Gasteiger partial charge in [-0.2, -0.15) is 0 Å². The minimum Gasteiger partial charge on any atom is -0.371 e. The maximum absolute atomic E-state index is 11.9. The van der Waals surface area contributed by atoms with Gasteiger partial charge < -0.3 is 15.4 Å². The molecule has 0 radical (unpaired) electrons. The average molecular weight is 229 g/mol. The molecule has 3 unspecified atom stereocenters. The number of hydrogen-bond acceptors (Lipinski definition) is 4. The summed E-state index contributed by atoms with van der Waals surface area (Å²) >= 11 is 0. The average Bonchev–Trinajstić information content (AvgIpc) is 2.25. The van der Waals surface area contributed by atoms with E-state index in [1.165, 1.54) is 0 Å². The number of hydrogen-bond donors (Lipinski definition) is 1. The third-order valence-corrected chi connectivity index (χ3v) is 2.96. The van der Waals surface area contributed by atoms with Gasteiger partial charge in [-0.1, -0.05) is 0 Å². The van der Waals surface area contributed by atoms with E-state index in [1.807, 2.05) is 13.8 Å². The number of nitrogens with zero attached hydrogens (tertiary/aromatic N) is 2. The van der Waals surface area contributed by atoms with Crippen LogP contribution in [0, 0.1) is 0 Å². The Morgan fingerprint density at radius 1 is 1.56 bits per heavy atom. The predicted molar refractivity (Wildman–Crippen MR) is 63.1 cm³/mol. The fourth-order valence-electron chi connectivity index (χ4n) is 2.06. The SMILES string of the molecule is CC1CN(C(C)C(=O)N(C)C)CC(CN)O1. The lowest BCUT2D eigenvalue weighted by Gasteiger charge is -2.39. The van der Waals surface area contributed by atoms with E-state index in [4.69, 9.17) is 10.5 Å². The number of amides is 1. The van der Waals surface area contributed by atoms with E-state index >= 15 is 0 Å². The van der Waals surface area contributed by atoms with Gasteiger partial charge in [-0.25, -0.2) is 0 Å². The fourth-order valence-corrected chi connectivity index (χ4v) is 2.06. The minimum absolute atomic E-state index is 0.0427. The molecule has 0 aromatic carbocycles. The number of nitrogens with two attached hydrogens (primary N) is 1. The van der Waals surface area contributed by atoms with Gasteiger partial charge in [-0.15, -0.1) is 0 Å². The summed E-state index contributed by atoms with van der Waals surface area (Å²) in [6, 6.07) is -0.101. The Labute approximate surface area is 97.5 Å². The molecule has 0 aromatic rings. The topological polar surface area (TPSA) is 58.8 Å². The second-order valence-electron chi connectivity index (χ2n) is 4.67. The molecule has 0 aromatic heterocycles. The maximum atomic E-state index is 11.9. The largest absolute Gasteiger partial charge is 0.371 e. The predicted octanol–water partition coefficient (Wildman–Crippen LogP) is -0.489. The van der Waals surface area contributed by atoms with Crippen LogP contribution in [-0.2, 0) is 9.53 Å². The molecule has 1 heterocycles. The number of likely N-dealkylation sites (N-methyl/N-ethyl adjacent to an activating group) is 1. The zero-order chi connectivity index (χ0) is 12.3. The molecule has 1 saturated heterocycles. The number of carbonyl (C=O) groups is 1. The number of rotatable bonds is 3. The van der Waals surface area contributed by atoms with Crippen LogP contribution >= 0.6 is 0 Å². The standard InChI is InChI=1S/C11H23N3O2/c1-8-6-14(7-10(5-12)16-8)9(2)11(15)13(3)4/h8-10H,5-7,12H2,1-4H3. The Morgan fingerprint density at radius 3 is 2.69 bits per heavy atom. The summed E-state index contributed by atoms with van der Waals surface area (Å²) in [5, 5.41) is 0. The maximum Gasteiger partial charge on any atom is 0.239 e. The van der Waals surface area contributed by atoms with Crippen molar-refractivity contribution in [2.24, 2.45) is 5.73 Å². The lowest BCUT2D eigenvalue weighted by atomic mass is 10.1. The number of carbonyl (C=O) groups excluding carboxylic acids is 1. The Morgan fingerprint density at radius 2 is 2.19 bits per heavy atom. The molecule has 0 aliphatic carbocycles. The third-order valence-electron chi connectivity index (χ3n) is 2.96. The van der Waals surface area contributed by atoms with Gasteiger partial charge in [-0.3, -0.25) is 9.69 Å². The van der Waals surface area contributed by atoms with Crippen LogP contribution in [-0.4, -0.2) is 67.7 Å². The van der Waals surface area contributed by atoms with E-state index in [-0.39, 0.29) is 24.2 Å². The summed E-state index contributed by atoms with van der Waals surface area (Å²) in [5.74, 6) is 0.130. The molecule has 0 spiro atoms. The molecule has 3 atom stereocenters. The highest BCUT2D eigenvalue weighted by Crippen LogP contribution is 2.14. The van der Waals surface area contributed by atoms with E-state index in [1.54, 1.807) is 19.0 Å². The zero-order valence-electron chi connectivity index (χ0n) is 10.6. The van der Waals surface area contributed by atoms with Crippen LogP contribution in [0.25, 0.3) is 0 Å². The first-order chi connectivity index (χ1) is 7.45. The molecule has 1 fully saturated rings. The van der Waals surface area contributed by atoms with Crippen molar-refractivity contribution in [3.8, 4) is 0 Å². The van der Waals surface area contributed by atoms with Gasteiger partial charge in [0.15, 0.2) is 0 Å². The number of ether oxygens (including phenoxy) is 1. The van der Waals surface area contributed by atoms with Crippen molar-refractivity contribution in [1.29, 1.82) is 0 Å². The first kappa shape index (κ1) is 13.4. The highest BCUT2D eigenvalue weighted by molar-refractivity contribution is 5.80. The fraction of sp³-hybridized carbons (Fsp3) is 0.909. The van der Waals surface area contributed by atoms with Crippen molar-refractivity contribution < 1.29 is 9.53 Å². The minimum atomic E-state index is -0.101. The molecule has 1 amide bonds. The second-order valence-corrected chi connectivity index (χ2v) is 4.67. The van der Waals surface area contributed by atoms with E-state index in [0.29, 0.717) is 6.54 Å². The van der Waals surface area contributed by atoms with Crippen molar-refractivity contribution in [1.82, 2.24) is 9.80 Å². The summed E-state index contributed by atoms with van der Waals surface area (Å²) in [6.07, 6.45) is 0.181. The van der Waals surface area contributed by atoms with Crippen LogP contribution in [0.5, 0.6) is 0 Å². The van der Waals surface area contributed by atoms with E-state index in [9.17, 15) is 4.79 Å². The zero-order valence-corrected chi connectivity index (χ0v) is 10.6.